The van der Waals surface area contributed by atoms with Gasteiger partial charge in [0, 0.05) is 22.1 Å². The molecule has 16 heavy (non-hydrogen) atoms. The molecule has 0 amide bonds. The van der Waals surface area contributed by atoms with Gasteiger partial charge in [-0.15, -0.1) is 0 Å². The van der Waals surface area contributed by atoms with Crippen molar-refractivity contribution in [1.82, 2.24) is 5.32 Å². The van der Waals surface area contributed by atoms with Crippen LogP contribution in [0.2, 0.25) is 10.0 Å². The van der Waals surface area contributed by atoms with E-state index >= 15 is 0 Å². The molecule has 1 saturated carbocycles. The predicted molar refractivity (Wildman–Crippen MR) is 70.1 cm³/mol. The summed E-state index contributed by atoms with van der Waals surface area (Å²) in [5.74, 6) is 0.821. The van der Waals surface area contributed by atoms with Gasteiger partial charge in [0.1, 0.15) is 0 Å². The van der Waals surface area contributed by atoms with Crippen LogP contribution in [0, 0.1) is 5.92 Å². The highest BCUT2D eigenvalue weighted by atomic mass is 35.5. The van der Waals surface area contributed by atoms with E-state index in [0.717, 1.165) is 18.0 Å². The van der Waals surface area contributed by atoms with Gasteiger partial charge in [0.05, 0.1) is 0 Å². The fourth-order valence-corrected chi connectivity index (χ4v) is 2.56. The van der Waals surface area contributed by atoms with Crippen LogP contribution < -0.4 is 5.32 Å². The number of hydrogen-bond donors (Lipinski definition) is 1. The van der Waals surface area contributed by atoms with E-state index < -0.39 is 0 Å². The van der Waals surface area contributed by atoms with Crippen LogP contribution in [0.4, 0.5) is 0 Å². The average Bonchev–Trinajstić information content (AvgIpc) is 2.96. The van der Waals surface area contributed by atoms with E-state index in [1.165, 1.54) is 12.8 Å². The zero-order chi connectivity index (χ0) is 11.8. The third-order valence-electron chi connectivity index (χ3n) is 3.27. The summed E-state index contributed by atoms with van der Waals surface area (Å²) in [7, 11) is 0. The molecule has 0 saturated heterocycles. The van der Waals surface area contributed by atoms with Crippen LogP contribution in [0.3, 0.4) is 0 Å². The van der Waals surface area contributed by atoms with E-state index in [2.05, 4.69) is 19.2 Å². The van der Waals surface area contributed by atoms with E-state index in [1.807, 2.05) is 12.1 Å². The molecule has 0 spiro atoms. The number of hydrogen-bond acceptors (Lipinski definition) is 1. The summed E-state index contributed by atoms with van der Waals surface area (Å²) < 4.78 is 0. The Labute approximate surface area is 107 Å². The third kappa shape index (κ3) is 3.13. The minimum Gasteiger partial charge on any atom is -0.307 e. The van der Waals surface area contributed by atoms with Crippen molar-refractivity contribution >= 4 is 23.2 Å². The van der Waals surface area contributed by atoms with Crippen LogP contribution >= 0.6 is 23.2 Å². The number of halogens is 2. The van der Waals surface area contributed by atoms with Crippen molar-refractivity contribution < 1.29 is 0 Å². The number of benzene rings is 1. The second kappa shape index (κ2) is 4.56. The van der Waals surface area contributed by atoms with Gasteiger partial charge in [0.15, 0.2) is 0 Å². The van der Waals surface area contributed by atoms with Crippen molar-refractivity contribution in [2.75, 3.05) is 0 Å². The van der Waals surface area contributed by atoms with Gasteiger partial charge in [-0.1, -0.05) is 23.2 Å². The van der Waals surface area contributed by atoms with Crippen molar-refractivity contribution in [2.45, 2.75) is 38.8 Å². The van der Waals surface area contributed by atoms with Crippen molar-refractivity contribution in [1.29, 1.82) is 0 Å². The maximum absolute atomic E-state index is 5.96. The molecule has 3 heteroatoms. The summed E-state index contributed by atoms with van der Waals surface area (Å²) in [6.45, 7) is 5.34. The summed E-state index contributed by atoms with van der Waals surface area (Å²) in [4.78, 5) is 0. The first-order valence-corrected chi connectivity index (χ1v) is 6.43. The molecule has 1 fully saturated rings. The maximum Gasteiger partial charge on any atom is 0.0424 e. The topological polar surface area (TPSA) is 12.0 Å². The summed E-state index contributed by atoms with van der Waals surface area (Å²) >= 11 is 11.9. The quantitative estimate of drug-likeness (QED) is 0.850. The van der Waals surface area contributed by atoms with Crippen LogP contribution in [-0.4, -0.2) is 5.54 Å². The summed E-state index contributed by atoms with van der Waals surface area (Å²) in [6.07, 6.45) is 2.69. The summed E-state index contributed by atoms with van der Waals surface area (Å²) in [6, 6.07) is 5.69. The second-order valence-electron chi connectivity index (χ2n) is 5.13. The number of rotatable bonds is 4. The summed E-state index contributed by atoms with van der Waals surface area (Å²) in [5.41, 5.74) is 1.36. The predicted octanol–water partition coefficient (Wildman–Crippen LogP) is 4.27. The van der Waals surface area contributed by atoms with Crippen LogP contribution in [-0.2, 0) is 6.54 Å². The van der Waals surface area contributed by atoms with E-state index in [9.17, 15) is 0 Å². The maximum atomic E-state index is 5.96. The van der Waals surface area contributed by atoms with Gasteiger partial charge in [-0.05, 0) is 56.4 Å². The highest BCUT2D eigenvalue weighted by Gasteiger charge is 2.37. The largest absolute Gasteiger partial charge is 0.307 e. The standard InChI is InChI=1S/C13H17Cl2N/c1-13(2,10-3-4-10)16-8-9-5-11(14)7-12(15)6-9/h5-7,10,16H,3-4,8H2,1-2H3. The Morgan fingerprint density at radius 1 is 1.19 bits per heavy atom. The molecule has 1 aromatic rings. The Kier molecular flexibility index (Phi) is 3.48. The molecule has 0 atom stereocenters. The lowest BCUT2D eigenvalue weighted by molar-refractivity contribution is 0.339. The molecule has 1 N–H and O–H groups in total. The van der Waals surface area contributed by atoms with Crippen molar-refractivity contribution in [3.8, 4) is 0 Å². The fraction of sp³-hybridized carbons (Fsp3) is 0.538. The van der Waals surface area contributed by atoms with Crippen LogP contribution in [0.1, 0.15) is 32.3 Å². The normalized spacial score (nSPS) is 16.5. The van der Waals surface area contributed by atoms with Gasteiger partial charge in [0.25, 0.3) is 0 Å². The molecule has 88 valence electrons. The molecule has 0 unspecified atom stereocenters. The second-order valence-corrected chi connectivity index (χ2v) is 6.00. The Balaban J connectivity index is 1.98. The Hall–Kier alpha value is -0.240. The lowest BCUT2D eigenvalue weighted by Gasteiger charge is -2.26. The molecule has 1 aromatic carbocycles. The van der Waals surface area contributed by atoms with Crippen LogP contribution in [0.15, 0.2) is 18.2 Å². The minimum atomic E-state index is 0.217. The highest BCUT2D eigenvalue weighted by Crippen LogP contribution is 2.39. The molecular weight excluding hydrogens is 241 g/mol. The van der Waals surface area contributed by atoms with E-state index in [0.29, 0.717) is 10.0 Å². The molecule has 0 radical (unpaired) electrons. The Morgan fingerprint density at radius 3 is 2.25 bits per heavy atom. The lowest BCUT2D eigenvalue weighted by Crippen LogP contribution is -2.40. The van der Waals surface area contributed by atoms with Crippen molar-refractivity contribution in [2.24, 2.45) is 5.92 Å². The Morgan fingerprint density at radius 2 is 1.75 bits per heavy atom. The van der Waals surface area contributed by atoms with Gasteiger partial charge in [-0.25, -0.2) is 0 Å². The average molecular weight is 258 g/mol. The van der Waals surface area contributed by atoms with Gasteiger partial charge in [0.2, 0.25) is 0 Å². The van der Waals surface area contributed by atoms with Gasteiger partial charge in [-0.3, -0.25) is 0 Å². The first kappa shape index (κ1) is 12.2. The smallest absolute Gasteiger partial charge is 0.0424 e. The zero-order valence-electron chi connectivity index (χ0n) is 9.69. The van der Waals surface area contributed by atoms with Gasteiger partial charge >= 0.3 is 0 Å². The zero-order valence-corrected chi connectivity index (χ0v) is 11.2. The molecular formula is C13H17Cl2N. The van der Waals surface area contributed by atoms with Gasteiger partial charge in [-0.2, -0.15) is 0 Å². The van der Waals surface area contributed by atoms with Gasteiger partial charge < -0.3 is 5.32 Å². The van der Waals surface area contributed by atoms with Crippen LogP contribution in [0.5, 0.6) is 0 Å². The molecule has 1 aliphatic carbocycles. The molecule has 2 rings (SSSR count). The molecule has 0 aromatic heterocycles. The molecule has 1 nitrogen and oxygen atoms in total. The SMILES string of the molecule is CC(C)(NCc1cc(Cl)cc(Cl)c1)C1CC1. The Bertz CT molecular complexity index is 363. The van der Waals surface area contributed by atoms with E-state index in [1.54, 1.807) is 6.07 Å². The molecule has 1 aliphatic rings. The molecule has 0 heterocycles. The van der Waals surface area contributed by atoms with Crippen molar-refractivity contribution in [3.05, 3.63) is 33.8 Å². The molecule has 0 aliphatic heterocycles. The van der Waals surface area contributed by atoms with E-state index in [-0.39, 0.29) is 5.54 Å². The third-order valence-corrected chi connectivity index (χ3v) is 3.70. The van der Waals surface area contributed by atoms with Crippen molar-refractivity contribution in [3.63, 3.8) is 0 Å². The molecule has 0 bridgehead atoms. The first-order chi connectivity index (χ1) is 7.47. The lowest BCUT2D eigenvalue weighted by atomic mass is 9.98. The van der Waals surface area contributed by atoms with Crippen LogP contribution in [0.25, 0.3) is 0 Å². The summed E-state index contributed by atoms with van der Waals surface area (Å²) in [5, 5.41) is 4.98. The number of nitrogens with one attached hydrogen (secondary N) is 1. The fourth-order valence-electron chi connectivity index (χ4n) is 1.99. The monoisotopic (exact) mass is 257 g/mol. The minimum absolute atomic E-state index is 0.217. The highest BCUT2D eigenvalue weighted by molar-refractivity contribution is 6.34. The van der Waals surface area contributed by atoms with E-state index in [4.69, 9.17) is 23.2 Å². The first-order valence-electron chi connectivity index (χ1n) is 5.67.